The Morgan fingerprint density at radius 3 is 2.63 bits per heavy atom. The Hall–Kier alpha value is -1.58. The molecule has 0 aliphatic heterocycles. The maximum Gasteiger partial charge on any atom is 0.0467 e. The van der Waals surface area contributed by atoms with Crippen molar-refractivity contribution in [1.29, 1.82) is 0 Å². The smallest absolute Gasteiger partial charge is 0.0467 e. The highest BCUT2D eigenvalue weighted by atomic mass is 79.9. The Labute approximate surface area is 121 Å². The lowest BCUT2D eigenvalue weighted by atomic mass is 10.2. The summed E-state index contributed by atoms with van der Waals surface area (Å²) in [6.07, 6.45) is 0. The van der Waals surface area contributed by atoms with Crippen LogP contribution in [0.1, 0.15) is 11.3 Å². The minimum absolute atomic E-state index is 0.848. The summed E-state index contributed by atoms with van der Waals surface area (Å²) in [5, 5.41) is 4.70. The lowest BCUT2D eigenvalue weighted by Gasteiger charge is -2.02. The lowest BCUT2D eigenvalue weighted by molar-refractivity contribution is 0.684. The average molecular weight is 315 g/mol. The largest absolute Gasteiger partial charge is 0.357 e. The molecule has 0 bridgehead atoms. The quantitative estimate of drug-likeness (QED) is 0.741. The molecule has 0 unspecified atom stereocenters. The zero-order valence-electron chi connectivity index (χ0n) is 10.5. The molecule has 19 heavy (non-hydrogen) atoms. The number of hydrogen-bond donors (Lipinski definition) is 2. The van der Waals surface area contributed by atoms with Crippen molar-refractivity contribution in [3.05, 3.63) is 70.3 Å². The van der Waals surface area contributed by atoms with E-state index in [-0.39, 0.29) is 0 Å². The number of benzene rings is 2. The van der Waals surface area contributed by atoms with Gasteiger partial charge in [0, 0.05) is 28.8 Å². The molecule has 3 aromatic rings. The predicted molar refractivity (Wildman–Crippen MR) is 83.0 cm³/mol. The molecule has 3 heteroatoms. The van der Waals surface area contributed by atoms with Crippen LogP contribution in [-0.4, -0.2) is 4.98 Å². The Morgan fingerprint density at radius 1 is 0.947 bits per heavy atom. The standard InChI is InChI=1S/C16H15BrN2/c17-14-7-6-13-8-15(19-16(13)9-14)11-18-10-12-4-2-1-3-5-12/h1-9,18-19H,10-11H2. The molecule has 0 atom stereocenters. The maximum atomic E-state index is 3.49. The summed E-state index contributed by atoms with van der Waals surface area (Å²) in [5.41, 5.74) is 3.69. The van der Waals surface area contributed by atoms with Gasteiger partial charge in [-0.1, -0.05) is 52.3 Å². The van der Waals surface area contributed by atoms with Gasteiger partial charge in [-0.2, -0.15) is 0 Å². The van der Waals surface area contributed by atoms with Crippen molar-refractivity contribution in [3.8, 4) is 0 Å². The Kier molecular flexibility index (Phi) is 3.67. The van der Waals surface area contributed by atoms with E-state index in [4.69, 9.17) is 0 Å². The van der Waals surface area contributed by atoms with E-state index in [1.807, 2.05) is 6.07 Å². The first-order valence-electron chi connectivity index (χ1n) is 6.33. The Bertz CT molecular complexity index is 674. The van der Waals surface area contributed by atoms with Crippen LogP contribution in [0.3, 0.4) is 0 Å². The van der Waals surface area contributed by atoms with E-state index < -0.39 is 0 Å². The van der Waals surface area contributed by atoms with Crippen LogP contribution in [0.2, 0.25) is 0 Å². The SMILES string of the molecule is Brc1ccc2cc(CNCc3ccccc3)[nH]c2c1. The van der Waals surface area contributed by atoms with Crippen molar-refractivity contribution in [2.45, 2.75) is 13.1 Å². The van der Waals surface area contributed by atoms with Gasteiger partial charge in [0.25, 0.3) is 0 Å². The van der Waals surface area contributed by atoms with Crippen molar-refractivity contribution in [1.82, 2.24) is 10.3 Å². The second-order valence-electron chi connectivity index (χ2n) is 4.62. The fraction of sp³-hybridized carbons (Fsp3) is 0.125. The third-order valence-electron chi connectivity index (χ3n) is 3.13. The second-order valence-corrected chi connectivity index (χ2v) is 5.53. The van der Waals surface area contributed by atoms with Crippen molar-refractivity contribution in [3.63, 3.8) is 0 Å². The van der Waals surface area contributed by atoms with Gasteiger partial charge in [-0.25, -0.2) is 0 Å². The highest BCUT2D eigenvalue weighted by Gasteiger charge is 2.01. The van der Waals surface area contributed by atoms with Crippen LogP contribution < -0.4 is 5.32 Å². The minimum Gasteiger partial charge on any atom is -0.357 e. The summed E-state index contributed by atoms with van der Waals surface area (Å²) in [7, 11) is 0. The van der Waals surface area contributed by atoms with Crippen LogP contribution >= 0.6 is 15.9 Å². The summed E-state index contributed by atoms with van der Waals surface area (Å²) in [6, 6.07) is 18.9. The van der Waals surface area contributed by atoms with Gasteiger partial charge in [-0.3, -0.25) is 0 Å². The molecule has 0 saturated carbocycles. The monoisotopic (exact) mass is 314 g/mol. The van der Waals surface area contributed by atoms with Gasteiger partial charge in [0.05, 0.1) is 0 Å². The number of halogens is 1. The predicted octanol–water partition coefficient (Wildman–Crippen LogP) is 4.22. The molecule has 1 heterocycles. The van der Waals surface area contributed by atoms with Crippen LogP contribution in [0.15, 0.2) is 59.1 Å². The molecule has 0 aliphatic carbocycles. The minimum atomic E-state index is 0.848. The first-order chi connectivity index (χ1) is 9.31. The average Bonchev–Trinajstić information content (AvgIpc) is 2.82. The Balaban J connectivity index is 1.65. The summed E-state index contributed by atoms with van der Waals surface area (Å²) in [6.45, 7) is 1.74. The van der Waals surface area contributed by atoms with E-state index in [2.05, 4.69) is 74.8 Å². The van der Waals surface area contributed by atoms with E-state index in [0.29, 0.717) is 0 Å². The van der Waals surface area contributed by atoms with Crippen molar-refractivity contribution in [2.75, 3.05) is 0 Å². The lowest BCUT2D eigenvalue weighted by Crippen LogP contribution is -2.12. The van der Waals surface area contributed by atoms with Crippen LogP contribution in [0.25, 0.3) is 10.9 Å². The van der Waals surface area contributed by atoms with Crippen molar-refractivity contribution >= 4 is 26.8 Å². The van der Waals surface area contributed by atoms with Gasteiger partial charge in [0.15, 0.2) is 0 Å². The van der Waals surface area contributed by atoms with Crippen LogP contribution in [0.4, 0.5) is 0 Å². The number of hydrogen-bond acceptors (Lipinski definition) is 1. The molecule has 96 valence electrons. The molecule has 2 aromatic carbocycles. The number of nitrogens with one attached hydrogen (secondary N) is 2. The van der Waals surface area contributed by atoms with Gasteiger partial charge < -0.3 is 10.3 Å². The molecular formula is C16H15BrN2. The summed E-state index contributed by atoms with van der Waals surface area (Å²) >= 11 is 3.49. The molecular weight excluding hydrogens is 300 g/mol. The molecule has 2 nitrogen and oxygen atoms in total. The summed E-state index contributed by atoms with van der Waals surface area (Å²) in [4.78, 5) is 3.43. The second kappa shape index (κ2) is 5.59. The maximum absolute atomic E-state index is 3.49. The number of rotatable bonds is 4. The van der Waals surface area contributed by atoms with Crippen LogP contribution in [-0.2, 0) is 13.1 Å². The van der Waals surface area contributed by atoms with Gasteiger partial charge >= 0.3 is 0 Å². The zero-order valence-corrected chi connectivity index (χ0v) is 12.1. The topological polar surface area (TPSA) is 27.8 Å². The van der Waals surface area contributed by atoms with Crippen LogP contribution in [0, 0.1) is 0 Å². The first kappa shape index (κ1) is 12.5. The molecule has 0 fully saturated rings. The number of H-pyrrole nitrogens is 1. The number of aromatic amines is 1. The third-order valence-corrected chi connectivity index (χ3v) is 3.62. The third kappa shape index (κ3) is 3.06. The fourth-order valence-electron chi connectivity index (χ4n) is 2.19. The molecule has 0 amide bonds. The van der Waals surface area contributed by atoms with Gasteiger partial charge in [-0.15, -0.1) is 0 Å². The zero-order chi connectivity index (χ0) is 13.1. The van der Waals surface area contributed by atoms with Gasteiger partial charge in [0.2, 0.25) is 0 Å². The normalized spacial score (nSPS) is 11.0. The fourth-order valence-corrected chi connectivity index (χ4v) is 2.55. The van der Waals surface area contributed by atoms with Crippen LogP contribution in [0.5, 0.6) is 0 Å². The molecule has 1 aromatic heterocycles. The van der Waals surface area contributed by atoms with E-state index in [0.717, 1.165) is 17.6 Å². The van der Waals surface area contributed by atoms with E-state index >= 15 is 0 Å². The number of fused-ring (bicyclic) bond motifs is 1. The van der Waals surface area contributed by atoms with Gasteiger partial charge in [0.1, 0.15) is 0 Å². The summed E-state index contributed by atoms with van der Waals surface area (Å²) < 4.78 is 1.10. The molecule has 0 radical (unpaired) electrons. The summed E-state index contributed by atoms with van der Waals surface area (Å²) in [5.74, 6) is 0. The molecule has 0 saturated heterocycles. The van der Waals surface area contributed by atoms with Crippen molar-refractivity contribution in [2.24, 2.45) is 0 Å². The highest BCUT2D eigenvalue weighted by molar-refractivity contribution is 9.10. The number of aromatic nitrogens is 1. The Morgan fingerprint density at radius 2 is 1.79 bits per heavy atom. The molecule has 0 spiro atoms. The first-order valence-corrected chi connectivity index (χ1v) is 7.12. The van der Waals surface area contributed by atoms with E-state index in [9.17, 15) is 0 Å². The van der Waals surface area contributed by atoms with E-state index in [1.54, 1.807) is 0 Å². The highest BCUT2D eigenvalue weighted by Crippen LogP contribution is 2.20. The molecule has 2 N–H and O–H groups in total. The van der Waals surface area contributed by atoms with E-state index in [1.165, 1.54) is 22.2 Å². The van der Waals surface area contributed by atoms with Gasteiger partial charge in [-0.05, 0) is 29.1 Å². The van der Waals surface area contributed by atoms with Crippen molar-refractivity contribution < 1.29 is 0 Å². The molecule has 0 aliphatic rings. The molecule has 3 rings (SSSR count).